The normalized spacial score (nSPS) is 13.7. The maximum absolute atomic E-state index is 12.7. The van der Waals surface area contributed by atoms with Gasteiger partial charge in [-0.3, -0.25) is 4.52 Å². The molecule has 1 heterocycles. The summed E-state index contributed by atoms with van der Waals surface area (Å²) < 4.78 is 23.4. The summed E-state index contributed by atoms with van der Waals surface area (Å²) in [6, 6.07) is 14.2. The molecule has 2 rings (SSSR count). The van der Waals surface area contributed by atoms with Crippen LogP contribution in [-0.2, 0) is 9.09 Å². The molecular weight excluding hydrogens is 317 g/mol. The van der Waals surface area contributed by atoms with Gasteiger partial charge in [0.15, 0.2) is 0 Å². The first kappa shape index (κ1) is 15.4. The molecule has 0 aliphatic rings. The Balaban J connectivity index is 2.19. The van der Waals surface area contributed by atoms with Crippen LogP contribution in [0.4, 0.5) is 0 Å². The lowest BCUT2D eigenvalue weighted by Gasteiger charge is -2.16. The molecule has 1 aromatic heterocycles. The maximum atomic E-state index is 12.7. The van der Waals surface area contributed by atoms with Crippen LogP contribution in [0.15, 0.2) is 53.4 Å². The van der Waals surface area contributed by atoms with Gasteiger partial charge >= 0.3 is 6.80 Å². The molecule has 0 amide bonds. The molecule has 1 unspecified atom stereocenters. The Morgan fingerprint density at radius 3 is 2.60 bits per heavy atom. The van der Waals surface area contributed by atoms with Crippen molar-refractivity contribution in [3.63, 3.8) is 0 Å². The van der Waals surface area contributed by atoms with Crippen molar-refractivity contribution < 1.29 is 13.6 Å². The number of benzene rings is 1. The highest BCUT2D eigenvalue weighted by molar-refractivity contribution is 8.55. The van der Waals surface area contributed by atoms with Crippen molar-refractivity contribution >= 4 is 29.8 Å². The lowest BCUT2D eigenvalue weighted by atomic mass is 10.4. The van der Waals surface area contributed by atoms with Crippen LogP contribution >= 0.6 is 29.8 Å². The highest BCUT2D eigenvalue weighted by Crippen LogP contribution is 2.62. The van der Waals surface area contributed by atoms with E-state index in [1.54, 1.807) is 25.1 Å². The van der Waals surface area contributed by atoms with Crippen LogP contribution in [-0.4, -0.2) is 11.6 Å². The minimum atomic E-state index is -3.39. The Kier molecular flexibility index (Phi) is 5.49. The molecule has 4 nitrogen and oxygen atoms in total. The van der Waals surface area contributed by atoms with Crippen LogP contribution in [0, 0.1) is 0 Å². The fourth-order valence-electron chi connectivity index (χ4n) is 1.39. The van der Waals surface area contributed by atoms with Gasteiger partial charge < -0.3 is 4.52 Å². The van der Waals surface area contributed by atoms with Gasteiger partial charge in [-0.1, -0.05) is 35.9 Å². The smallest absolute Gasteiger partial charge is 0.398 e. The molecule has 2 aromatic rings. The summed E-state index contributed by atoms with van der Waals surface area (Å²) in [6.07, 6.45) is 0. The van der Waals surface area contributed by atoms with Crippen molar-refractivity contribution in [2.24, 2.45) is 0 Å². The highest BCUT2D eigenvalue weighted by Gasteiger charge is 2.28. The zero-order chi connectivity index (χ0) is 14.4. The lowest BCUT2D eigenvalue weighted by molar-refractivity contribution is 0.293. The van der Waals surface area contributed by atoms with E-state index in [-0.39, 0.29) is 17.6 Å². The van der Waals surface area contributed by atoms with Gasteiger partial charge in [0.05, 0.1) is 6.61 Å². The van der Waals surface area contributed by atoms with Gasteiger partial charge in [-0.25, -0.2) is 9.55 Å². The first-order valence-electron chi connectivity index (χ1n) is 5.93. The summed E-state index contributed by atoms with van der Waals surface area (Å²) in [6.45, 7) is -1.36. The third-order valence-corrected chi connectivity index (χ3v) is 5.89. The van der Waals surface area contributed by atoms with E-state index in [0.717, 1.165) is 16.3 Å². The molecule has 0 N–H and O–H groups in total. The van der Waals surface area contributed by atoms with Gasteiger partial charge in [0.2, 0.25) is 5.88 Å². The van der Waals surface area contributed by atoms with Gasteiger partial charge in [-0.05, 0) is 25.1 Å². The standard InChI is InChI=1S/C13H13ClNO3PS/c1-2-17-19(16,20-11-7-4-3-5-8-11)18-13-10-6-9-12(14)15-13/h3-10H,2H2,1H3. The first-order chi connectivity index (χ1) is 9.61. The van der Waals surface area contributed by atoms with Crippen LogP contribution in [0.2, 0.25) is 5.15 Å². The second kappa shape index (κ2) is 7.14. The van der Waals surface area contributed by atoms with Crippen LogP contribution in [0.1, 0.15) is 6.92 Å². The minimum absolute atomic E-state index is 0.178. The average molecular weight is 330 g/mol. The van der Waals surface area contributed by atoms with Crippen molar-refractivity contribution in [2.75, 3.05) is 6.61 Å². The van der Waals surface area contributed by atoms with Gasteiger partial charge in [-0.15, -0.1) is 0 Å². The van der Waals surface area contributed by atoms with E-state index in [0.29, 0.717) is 0 Å². The molecule has 7 heteroatoms. The fourth-order valence-corrected chi connectivity index (χ4v) is 4.83. The summed E-state index contributed by atoms with van der Waals surface area (Å²) in [5.41, 5.74) is 0. The van der Waals surface area contributed by atoms with E-state index < -0.39 is 6.80 Å². The summed E-state index contributed by atoms with van der Waals surface area (Å²) >= 11 is 6.83. The number of rotatable bonds is 6. The number of hydrogen-bond donors (Lipinski definition) is 0. The van der Waals surface area contributed by atoms with E-state index in [1.807, 2.05) is 30.3 Å². The second-order valence-corrected chi connectivity index (χ2v) is 7.92. The topological polar surface area (TPSA) is 48.4 Å². The Bertz CT molecular complexity index is 612. The van der Waals surface area contributed by atoms with E-state index in [2.05, 4.69) is 4.98 Å². The monoisotopic (exact) mass is 329 g/mol. The maximum Gasteiger partial charge on any atom is 0.446 e. The van der Waals surface area contributed by atoms with Gasteiger partial charge in [0.25, 0.3) is 0 Å². The van der Waals surface area contributed by atoms with Crippen molar-refractivity contribution in [2.45, 2.75) is 11.8 Å². The largest absolute Gasteiger partial charge is 0.446 e. The molecule has 1 atom stereocenters. The Hall–Kier alpha value is -1.00. The average Bonchev–Trinajstić information content (AvgIpc) is 2.39. The molecule has 0 aliphatic heterocycles. The molecule has 0 fully saturated rings. The van der Waals surface area contributed by atoms with E-state index in [9.17, 15) is 4.57 Å². The predicted octanol–water partition coefficient (Wildman–Crippen LogP) is 5.05. The molecule has 0 aliphatic carbocycles. The molecule has 0 saturated heterocycles. The van der Waals surface area contributed by atoms with Gasteiger partial charge in [-0.2, -0.15) is 0 Å². The Morgan fingerprint density at radius 2 is 1.95 bits per heavy atom. The minimum Gasteiger partial charge on any atom is -0.398 e. The number of aromatic nitrogens is 1. The van der Waals surface area contributed by atoms with E-state index in [1.165, 1.54) is 0 Å². The number of nitrogens with zero attached hydrogens (tertiary/aromatic N) is 1. The first-order valence-corrected chi connectivity index (χ1v) is 9.27. The fraction of sp³-hybridized carbons (Fsp3) is 0.154. The van der Waals surface area contributed by atoms with Crippen LogP contribution < -0.4 is 4.52 Å². The van der Waals surface area contributed by atoms with Crippen molar-refractivity contribution in [1.82, 2.24) is 4.98 Å². The third-order valence-electron chi connectivity index (χ3n) is 2.14. The molecular formula is C13H13ClNO3PS. The second-order valence-electron chi connectivity index (χ2n) is 3.66. The highest BCUT2D eigenvalue weighted by atomic mass is 35.5. The molecule has 106 valence electrons. The van der Waals surface area contributed by atoms with Crippen molar-refractivity contribution in [3.05, 3.63) is 53.7 Å². The number of halogens is 1. The van der Waals surface area contributed by atoms with E-state index >= 15 is 0 Å². The number of hydrogen-bond acceptors (Lipinski definition) is 5. The molecule has 0 saturated carbocycles. The van der Waals surface area contributed by atoms with Crippen molar-refractivity contribution in [1.29, 1.82) is 0 Å². The van der Waals surface area contributed by atoms with Crippen LogP contribution in [0.25, 0.3) is 0 Å². The Labute approximate surface area is 126 Å². The third kappa shape index (κ3) is 4.53. The lowest BCUT2D eigenvalue weighted by Crippen LogP contribution is -1.96. The molecule has 0 radical (unpaired) electrons. The zero-order valence-electron chi connectivity index (χ0n) is 10.7. The number of pyridine rings is 1. The molecule has 0 bridgehead atoms. The predicted molar refractivity (Wildman–Crippen MR) is 81.4 cm³/mol. The summed E-state index contributed by atoms with van der Waals surface area (Å²) in [4.78, 5) is 4.76. The summed E-state index contributed by atoms with van der Waals surface area (Å²) in [7, 11) is 0. The van der Waals surface area contributed by atoms with E-state index in [4.69, 9.17) is 20.6 Å². The molecule has 1 aromatic carbocycles. The molecule has 20 heavy (non-hydrogen) atoms. The summed E-state index contributed by atoms with van der Waals surface area (Å²) in [5, 5.41) is 0.273. The van der Waals surface area contributed by atoms with Crippen LogP contribution in [0.5, 0.6) is 5.88 Å². The SMILES string of the molecule is CCOP(=O)(Oc1cccc(Cl)n1)Sc1ccccc1. The zero-order valence-corrected chi connectivity index (χ0v) is 13.2. The summed E-state index contributed by atoms with van der Waals surface area (Å²) in [5.74, 6) is 0.178. The van der Waals surface area contributed by atoms with Crippen molar-refractivity contribution in [3.8, 4) is 5.88 Å². The van der Waals surface area contributed by atoms with Crippen LogP contribution in [0.3, 0.4) is 0 Å². The molecule has 0 spiro atoms. The van der Waals surface area contributed by atoms with Gasteiger partial charge in [0, 0.05) is 22.3 Å². The van der Waals surface area contributed by atoms with Gasteiger partial charge in [0.1, 0.15) is 5.15 Å². The quantitative estimate of drug-likeness (QED) is 0.548. The Morgan fingerprint density at radius 1 is 1.20 bits per heavy atom.